The zero-order valence-electron chi connectivity index (χ0n) is 6.52. The number of halogens is 1. The molecule has 0 saturated carbocycles. The molecule has 2 aliphatic rings. The van der Waals surface area contributed by atoms with Gasteiger partial charge in [-0.15, -0.1) is 0 Å². The molecule has 0 amide bonds. The minimum atomic E-state index is 0.127. The minimum Gasteiger partial charge on any atom is -0.312 e. The Balaban J connectivity index is 2.35. The Morgan fingerprint density at radius 1 is 1.64 bits per heavy atom. The minimum absolute atomic E-state index is 0.127. The standard InChI is InChI=1S/C8H11IN2/c1-6-9-8-5-10-3-2-7(8)4-11-6/h4,10H,2-3,5H2,1H3. The van der Waals surface area contributed by atoms with Crippen LogP contribution in [0.4, 0.5) is 0 Å². The Kier molecular flexibility index (Phi) is 2.18. The molecule has 0 atom stereocenters. The Hall–Kier alpha value is -0.0300. The topological polar surface area (TPSA) is 24.4 Å². The fraction of sp³-hybridized carbons (Fsp3) is 0.500. The van der Waals surface area contributed by atoms with Crippen molar-refractivity contribution in [3.05, 3.63) is 9.15 Å². The van der Waals surface area contributed by atoms with E-state index in [-0.39, 0.29) is 20.7 Å². The lowest BCUT2D eigenvalue weighted by atomic mass is 10.1. The SMILES string of the molecule is CC1=IC2=C(C=N1)CCNC2. The molecule has 2 rings (SSSR count). The van der Waals surface area contributed by atoms with Crippen molar-refractivity contribution in [2.45, 2.75) is 13.3 Å². The zero-order valence-corrected chi connectivity index (χ0v) is 8.68. The van der Waals surface area contributed by atoms with Crippen LogP contribution in [-0.2, 0) is 0 Å². The van der Waals surface area contributed by atoms with E-state index in [2.05, 4.69) is 23.4 Å². The highest BCUT2D eigenvalue weighted by molar-refractivity contribution is 14.2. The summed E-state index contributed by atoms with van der Waals surface area (Å²) < 4.78 is 3.01. The largest absolute Gasteiger partial charge is 0.312 e. The second-order valence-electron chi connectivity index (χ2n) is 2.71. The predicted molar refractivity (Wildman–Crippen MR) is 57.7 cm³/mol. The number of hydrogen-bond acceptors (Lipinski definition) is 2. The smallest absolute Gasteiger partial charge is 0.0701 e. The van der Waals surface area contributed by atoms with E-state index in [9.17, 15) is 0 Å². The van der Waals surface area contributed by atoms with Gasteiger partial charge in [-0.1, -0.05) is 20.7 Å². The molecule has 0 saturated heterocycles. The Bertz CT molecular complexity index is 263. The third-order valence-electron chi connectivity index (χ3n) is 1.85. The van der Waals surface area contributed by atoms with Gasteiger partial charge in [0.2, 0.25) is 0 Å². The quantitative estimate of drug-likeness (QED) is 0.656. The maximum absolute atomic E-state index is 4.37. The summed E-state index contributed by atoms with van der Waals surface area (Å²) in [6, 6.07) is 0. The van der Waals surface area contributed by atoms with Crippen molar-refractivity contribution in [2.24, 2.45) is 4.99 Å². The molecule has 0 radical (unpaired) electrons. The van der Waals surface area contributed by atoms with E-state index in [1.54, 1.807) is 3.58 Å². The Labute approximate surface area is 76.5 Å². The van der Waals surface area contributed by atoms with E-state index in [0.717, 1.165) is 13.1 Å². The number of rotatable bonds is 0. The van der Waals surface area contributed by atoms with Crippen LogP contribution in [-0.4, -0.2) is 22.9 Å². The van der Waals surface area contributed by atoms with Crippen molar-refractivity contribution in [1.82, 2.24) is 5.32 Å². The zero-order chi connectivity index (χ0) is 7.68. The van der Waals surface area contributed by atoms with Crippen LogP contribution in [0, 0.1) is 0 Å². The highest BCUT2D eigenvalue weighted by Crippen LogP contribution is 2.26. The van der Waals surface area contributed by atoms with Crippen LogP contribution in [0.25, 0.3) is 0 Å². The molecule has 0 aromatic rings. The van der Waals surface area contributed by atoms with Crippen LogP contribution in [0.3, 0.4) is 0 Å². The molecule has 2 heterocycles. The first-order valence-electron chi connectivity index (χ1n) is 3.81. The first-order chi connectivity index (χ1) is 5.36. The monoisotopic (exact) mass is 262 g/mol. The lowest BCUT2D eigenvalue weighted by Gasteiger charge is -2.18. The highest BCUT2D eigenvalue weighted by Gasteiger charge is 2.11. The summed E-state index contributed by atoms with van der Waals surface area (Å²) in [6.07, 6.45) is 3.25. The van der Waals surface area contributed by atoms with Gasteiger partial charge in [-0.25, -0.2) is 0 Å². The number of nitrogens with zero attached hydrogens (tertiary/aromatic N) is 1. The maximum Gasteiger partial charge on any atom is 0.0701 e. The maximum atomic E-state index is 4.37. The van der Waals surface area contributed by atoms with E-state index in [0.29, 0.717) is 0 Å². The average Bonchev–Trinajstić information content (AvgIpc) is 2.04. The predicted octanol–water partition coefficient (Wildman–Crippen LogP) is 1.44. The molecular weight excluding hydrogens is 251 g/mol. The molecule has 0 aromatic heterocycles. The molecule has 0 aliphatic carbocycles. The van der Waals surface area contributed by atoms with Crippen LogP contribution < -0.4 is 5.32 Å². The normalized spacial score (nSPS) is 23.9. The number of nitrogens with one attached hydrogen (secondary N) is 1. The second kappa shape index (κ2) is 3.15. The van der Waals surface area contributed by atoms with Gasteiger partial charge in [-0.3, -0.25) is 4.99 Å². The van der Waals surface area contributed by atoms with Crippen molar-refractivity contribution in [2.75, 3.05) is 13.1 Å². The summed E-state index contributed by atoms with van der Waals surface area (Å²) in [4.78, 5) is 4.37. The average molecular weight is 262 g/mol. The van der Waals surface area contributed by atoms with Crippen molar-refractivity contribution in [3.63, 3.8) is 0 Å². The molecule has 11 heavy (non-hydrogen) atoms. The van der Waals surface area contributed by atoms with Gasteiger partial charge < -0.3 is 5.32 Å². The van der Waals surface area contributed by atoms with E-state index >= 15 is 0 Å². The van der Waals surface area contributed by atoms with Crippen molar-refractivity contribution in [3.8, 4) is 0 Å². The molecule has 60 valence electrons. The number of aliphatic imine (C=N–C) groups is 1. The lowest BCUT2D eigenvalue weighted by Crippen LogP contribution is -2.24. The van der Waals surface area contributed by atoms with Crippen molar-refractivity contribution < 1.29 is 0 Å². The fourth-order valence-electron chi connectivity index (χ4n) is 1.26. The third-order valence-corrected chi connectivity index (χ3v) is 4.63. The van der Waals surface area contributed by atoms with E-state index in [4.69, 9.17) is 0 Å². The van der Waals surface area contributed by atoms with E-state index in [1.807, 2.05) is 0 Å². The summed E-state index contributed by atoms with van der Waals surface area (Å²) in [5.74, 6) is 0. The van der Waals surface area contributed by atoms with E-state index < -0.39 is 0 Å². The lowest BCUT2D eigenvalue weighted by molar-refractivity contribution is 0.716. The van der Waals surface area contributed by atoms with Gasteiger partial charge in [0, 0.05) is 16.3 Å². The summed E-state index contributed by atoms with van der Waals surface area (Å²) >= 11 is 0.127. The third kappa shape index (κ3) is 1.59. The molecular formula is C8H11IN2. The molecule has 1 N–H and O–H groups in total. The van der Waals surface area contributed by atoms with Gasteiger partial charge in [-0.2, -0.15) is 0 Å². The molecule has 2 nitrogen and oxygen atoms in total. The molecule has 3 heteroatoms. The summed E-state index contributed by atoms with van der Waals surface area (Å²) in [6.45, 7) is 4.39. The summed E-state index contributed by atoms with van der Waals surface area (Å²) in [5, 5.41) is 3.40. The van der Waals surface area contributed by atoms with E-state index in [1.165, 1.54) is 15.6 Å². The van der Waals surface area contributed by atoms with Crippen LogP contribution in [0.1, 0.15) is 13.3 Å². The first-order valence-corrected chi connectivity index (χ1v) is 5.97. The number of hydrogen-bond donors (Lipinski definition) is 1. The molecule has 0 spiro atoms. The van der Waals surface area contributed by atoms with Gasteiger partial charge in [-0.05, 0) is 25.5 Å². The van der Waals surface area contributed by atoms with Crippen LogP contribution in [0.5, 0.6) is 0 Å². The van der Waals surface area contributed by atoms with Gasteiger partial charge in [0.15, 0.2) is 0 Å². The molecule has 0 bridgehead atoms. The second-order valence-corrected chi connectivity index (χ2v) is 6.11. The molecule has 0 aromatic carbocycles. The van der Waals surface area contributed by atoms with Gasteiger partial charge in [0.1, 0.15) is 0 Å². The van der Waals surface area contributed by atoms with Crippen molar-refractivity contribution >= 4 is 30.6 Å². The summed E-state index contributed by atoms with van der Waals surface area (Å²) in [5.41, 5.74) is 1.52. The summed E-state index contributed by atoms with van der Waals surface area (Å²) in [7, 11) is 0. The van der Waals surface area contributed by atoms with Gasteiger partial charge >= 0.3 is 0 Å². The van der Waals surface area contributed by atoms with Crippen molar-refractivity contribution in [1.29, 1.82) is 0 Å². The van der Waals surface area contributed by atoms with Crippen LogP contribution in [0.15, 0.2) is 14.1 Å². The fourth-order valence-corrected chi connectivity index (χ4v) is 3.69. The molecule has 0 unspecified atom stereocenters. The highest BCUT2D eigenvalue weighted by atomic mass is 127. The van der Waals surface area contributed by atoms with Gasteiger partial charge in [0.05, 0.1) is 3.63 Å². The van der Waals surface area contributed by atoms with Gasteiger partial charge in [0.25, 0.3) is 0 Å². The Morgan fingerprint density at radius 2 is 2.55 bits per heavy atom. The van der Waals surface area contributed by atoms with Crippen LogP contribution >= 0.6 is 20.7 Å². The first kappa shape index (κ1) is 7.61. The van der Waals surface area contributed by atoms with Crippen LogP contribution in [0.2, 0.25) is 0 Å². The molecule has 0 fully saturated rings. The Morgan fingerprint density at radius 3 is 3.45 bits per heavy atom. The molecule has 2 aliphatic heterocycles.